The second-order valence-electron chi connectivity index (χ2n) is 15.1. The third kappa shape index (κ3) is 6.36. The molecular formula is C38H48N8O4. The Morgan fingerprint density at radius 3 is 2.38 bits per heavy atom. The van der Waals surface area contributed by atoms with Crippen LogP contribution in [0.2, 0.25) is 0 Å². The quantitative estimate of drug-likeness (QED) is 0.224. The SMILES string of the molecule is C=CCn1c(=O)c2cnc(Nc3ccc(N4CCC5(CCN(C(=O)OC(C)(C)C)CC5)CC4)cc3)nc2n1-c1ccc2c(n1)[C@@](O)(CC)CC2. The summed E-state index contributed by atoms with van der Waals surface area (Å²) in [6.45, 7) is 15.3. The van der Waals surface area contributed by atoms with Gasteiger partial charge in [0.15, 0.2) is 11.5 Å². The Balaban J connectivity index is 1.05. The van der Waals surface area contributed by atoms with Gasteiger partial charge in [0.1, 0.15) is 16.6 Å². The first-order valence-electron chi connectivity index (χ1n) is 17.8. The Morgan fingerprint density at radius 2 is 1.72 bits per heavy atom. The van der Waals surface area contributed by atoms with Crippen molar-refractivity contribution in [1.82, 2.24) is 29.2 Å². The normalized spacial score (nSPS) is 20.3. The summed E-state index contributed by atoms with van der Waals surface area (Å²) in [5.74, 6) is 0.871. The molecule has 2 N–H and O–H groups in total. The number of aryl methyl sites for hydroxylation is 1. The van der Waals surface area contributed by atoms with Crippen LogP contribution in [0.5, 0.6) is 0 Å². The molecule has 12 nitrogen and oxygen atoms in total. The summed E-state index contributed by atoms with van der Waals surface area (Å²) >= 11 is 0. The fraction of sp³-hybridized carbons (Fsp3) is 0.500. The van der Waals surface area contributed by atoms with Gasteiger partial charge in [-0.1, -0.05) is 19.1 Å². The molecule has 0 radical (unpaired) electrons. The van der Waals surface area contributed by atoms with Gasteiger partial charge in [-0.05, 0) is 107 Å². The molecule has 2 aliphatic heterocycles. The largest absolute Gasteiger partial charge is 0.444 e. The van der Waals surface area contributed by atoms with Crippen LogP contribution in [0.15, 0.2) is 60.0 Å². The van der Waals surface area contributed by atoms with Gasteiger partial charge in [0.05, 0.1) is 12.2 Å². The number of nitrogens with zero attached hydrogens (tertiary/aromatic N) is 7. The van der Waals surface area contributed by atoms with Gasteiger partial charge < -0.3 is 25.0 Å². The lowest BCUT2D eigenvalue weighted by atomic mass is 9.71. The van der Waals surface area contributed by atoms with E-state index in [0.29, 0.717) is 41.3 Å². The third-order valence-corrected chi connectivity index (χ3v) is 10.8. The van der Waals surface area contributed by atoms with Gasteiger partial charge in [-0.15, -0.1) is 6.58 Å². The Hall–Kier alpha value is -4.71. The molecule has 0 bridgehead atoms. The van der Waals surface area contributed by atoms with Crippen LogP contribution in [0.4, 0.5) is 22.1 Å². The highest BCUT2D eigenvalue weighted by atomic mass is 16.6. The molecule has 1 amide bonds. The molecule has 7 rings (SSSR count). The molecule has 1 atom stereocenters. The second kappa shape index (κ2) is 12.9. The van der Waals surface area contributed by atoms with E-state index in [2.05, 4.69) is 33.9 Å². The van der Waals surface area contributed by atoms with Crippen molar-refractivity contribution < 1.29 is 14.6 Å². The number of allylic oxidation sites excluding steroid dienone is 1. The lowest BCUT2D eigenvalue weighted by molar-refractivity contribution is 0.00664. The maximum Gasteiger partial charge on any atom is 0.410 e. The smallest absolute Gasteiger partial charge is 0.410 e. The predicted molar refractivity (Wildman–Crippen MR) is 194 cm³/mol. The molecule has 3 aliphatic rings. The molecule has 0 unspecified atom stereocenters. The highest BCUT2D eigenvalue weighted by Crippen LogP contribution is 2.43. The third-order valence-electron chi connectivity index (χ3n) is 10.8. The first kappa shape index (κ1) is 33.8. The molecule has 0 saturated carbocycles. The highest BCUT2D eigenvalue weighted by molar-refractivity contribution is 5.77. The number of nitrogens with one attached hydrogen (secondary N) is 1. The van der Waals surface area contributed by atoms with E-state index in [1.807, 2.05) is 56.9 Å². The van der Waals surface area contributed by atoms with E-state index < -0.39 is 11.2 Å². The summed E-state index contributed by atoms with van der Waals surface area (Å²) < 4.78 is 8.84. The first-order chi connectivity index (χ1) is 23.9. The van der Waals surface area contributed by atoms with Crippen LogP contribution < -0.4 is 15.8 Å². The number of amides is 1. The molecule has 1 spiro atoms. The number of benzene rings is 1. The summed E-state index contributed by atoms with van der Waals surface area (Å²) in [4.78, 5) is 44.5. The first-order valence-corrected chi connectivity index (χ1v) is 17.8. The minimum absolute atomic E-state index is 0.203. The molecule has 12 heteroatoms. The van der Waals surface area contributed by atoms with Crippen molar-refractivity contribution >= 4 is 34.4 Å². The van der Waals surface area contributed by atoms with Gasteiger partial charge in [0, 0.05) is 43.8 Å². The van der Waals surface area contributed by atoms with Crippen LogP contribution in [-0.4, -0.2) is 72.2 Å². The van der Waals surface area contributed by atoms with Crippen LogP contribution in [0, 0.1) is 5.41 Å². The van der Waals surface area contributed by atoms with Crippen LogP contribution >= 0.6 is 0 Å². The van der Waals surface area contributed by atoms with Crippen molar-refractivity contribution in [3.05, 3.63) is 76.9 Å². The Bertz CT molecular complexity index is 1960. The van der Waals surface area contributed by atoms with Gasteiger partial charge in [-0.3, -0.25) is 4.79 Å². The van der Waals surface area contributed by atoms with Gasteiger partial charge in [0.2, 0.25) is 5.95 Å². The number of pyridine rings is 1. The second-order valence-corrected chi connectivity index (χ2v) is 15.1. The Labute approximate surface area is 292 Å². The average molecular weight is 681 g/mol. The van der Waals surface area contributed by atoms with Gasteiger partial charge in [-0.25, -0.2) is 24.1 Å². The lowest BCUT2D eigenvalue weighted by Gasteiger charge is -2.47. The molecule has 2 fully saturated rings. The maximum atomic E-state index is 13.5. The standard InChI is InChI=1S/C38H48N8O4/c1-6-20-45-33(47)29-25-39-34(42-32(29)46(45)30-13-8-26-14-15-38(49,7-2)31(26)41-30)40-27-9-11-28(12-10-27)43-21-16-37(17-22-43)18-23-44(24-19-37)35(48)50-36(3,4)5/h6,8-13,25,49H,1,7,14-24H2,2-5H3,(H,39,40,42)/t38-/m1/s1. The number of piperidine rings is 2. The van der Waals surface area contributed by atoms with E-state index in [9.17, 15) is 14.7 Å². The van der Waals surface area contributed by atoms with Gasteiger partial charge >= 0.3 is 6.09 Å². The number of likely N-dealkylation sites (tertiary alicyclic amines) is 1. The lowest BCUT2D eigenvalue weighted by Crippen LogP contribution is -2.49. The molecule has 264 valence electrons. The van der Waals surface area contributed by atoms with Crippen molar-refractivity contribution in [2.45, 2.75) is 90.4 Å². The summed E-state index contributed by atoms with van der Waals surface area (Å²) in [7, 11) is 0. The number of fused-ring (bicyclic) bond motifs is 2. The Kier molecular flexibility index (Phi) is 8.70. The Morgan fingerprint density at radius 1 is 1.02 bits per heavy atom. The topological polar surface area (TPSA) is 131 Å². The van der Waals surface area contributed by atoms with E-state index in [1.54, 1.807) is 21.6 Å². The summed E-state index contributed by atoms with van der Waals surface area (Å²) in [6.07, 6.45) is 9.21. The van der Waals surface area contributed by atoms with Crippen molar-refractivity contribution in [3.63, 3.8) is 0 Å². The number of ether oxygens (including phenoxy) is 1. The number of carbonyl (C=O) groups is 1. The maximum absolute atomic E-state index is 13.5. The summed E-state index contributed by atoms with van der Waals surface area (Å²) in [5, 5.41) is 14.9. The molecule has 2 saturated heterocycles. The number of carbonyl (C=O) groups excluding carboxylic acids is 1. The zero-order chi connectivity index (χ0) is 35.3. The van der Waals surface area contributed by atoms with E-state index in [1.165, 1.54) is 0 Å². The number of rotatable bonds is 7. The molecule has 1 aromatic carbocycles. The van der Waals surface area contributed by atoms with E-state index in [-0.39, 0.29) is 23.6 Å². The molecule has 50 heavy (non-hydrogen) atoms. The number of aliphatic hydroxyl groups is 1. The minimum Gasteiger partial charge on any atom is -0.444 e. The van der Waals surface area contributed by atoms with Crippen molar-refractivity contribution in [3.8, 4) is 5.82 Å². The number of anilines is 3. The average Bonchev–Trinajstić information content (AvgIpc) is 3.58. The summed E-state index contributed by atoms with van der Waals surface area (Å²) in [6, 6.07) is 12.1. The molecule has 3 aromatic heterocycles. The zero-order valence-electron chi connectivity index (χ0n) is 29.6. The molecule has 1 aliphatic carbocycles. The molecular weight excluding hydrogens is 632 g/mol. The zero-order valence-corrected chi connectivity index (χ0v) is 29.6. The van der Waals surface area contributed by atoms with Gasteiger partial charge in [0.25, 0.3) is 5.56 Å². The van der Waals surface area contributed by atoms with Crippen LogP contribution in [-0.2, 0) is 23.3 Å². The van der Waals surface area contributed by atoms with Crippen molar-refractivity contribution in [2.24, 2.45) is 5.41 Å². The van der Waals surface area contributed by atoms with Crippen molar-refractivity contribution in [1.29, 1.82) is 0 Å². The van der Waals surface area contributed by atoms with E-state index >= 15 is 0 Å². The highest BCUT2D eigenvalue weighted by Gasteiger charge is 2.40. The van der Waals surface area contributed by atoms with E-state index in [0.717, 1.165) is 75.2 Å². The van der Waals surface area contributed by atoms with Gasteiger partial charge in [-0.2, -0.15) is 4.98 Å². The van der Waals surface area contributed by atoms with Crippen LogP contribution in [0.25, 0.3) is 16.9 Å². The minimum atomic E-state index is -0.984. The van der Waals surface area contributed by atoms with Crippen molar-refractivity contribution in [2.75, 3.05) is 36.4 Å². The number of aromatic nitrogens is 5. The predicted octanol–water partition coefficient (Wildman–Crippen LogP) is 6.07. The molecule has 5 heterocycles. The summed E-state index contributed by atoms with van der Waals surface area (Å²) in [5.41, 5.74) is 2.70. The fourth-order valence-electron chi connectivity index (χ4n) is 7.73. The monoisotopic (exact) mass is 680 g/mol. The molecule has 4 aromatic rings. The van der Waals surface area contributed by atoms with E-state index in [4.69, 9.17) is 14.7 Å². The number of hydrogen-bond acceptors (Lipinski definition) is 9. The van der Waals surface area contributed by atoms with Crippen LogP contribution in [0.3, 0.4) is 0 Å². The number of hydrogen-bond donors (Lipinski definition) is 2. The fourth-order valence-corrected chi connectivity index (χ4v) is 7.73. The van der Waals surface area contributed by atoms with Crippen LogP contribution in [0.1, 0.15) is 77.5 Å².